The van der Waals surface area contributed by atoms with Crippen LogP contribution in [-0.2, 0) is 4.79 Å². The molecule has 1 N–H and O–H groups in total. The quantitative estimate of drug-likeness (QED) is 0.708. The van der Waals surface area contributed by atoms with Gasteiger partial charge in [0.2, 0.25) is 0 Å². The topological polar surface area (TPSA) is 40.5 Å². The number of carboxylic acids is 1. The number of hydrogen-bond donors (Lipinski definition) is 1. The molecule has 0 radical (unpaired) electrons. The highest BCUT2D eigenvalue weighted by molar-refractivity contribution is 5.85. The van der Waals surface area contributed by atoms with Crippen LogP contribution in [0.2, 0.25) is 0 Å². The lowest BCUT2D eigenvalue weighted by molar-refractivity contribution is -0.138. The van der Waals surface area contributed by atoms with Crippen molar-refractivity contribution in [3.05, 3.63) is 12.7 Å². The number of aliphatic carboxylic acids is 1. The molecule has 1 fully saturated rings. The minimum Gasteiger partial charge on any atom is -0.480 e. The Kier molecular flexibility index (Phi) is 5.75. The van der Waals surface area contributed by atoms with Crippen molar-refractivity contribution in [2.75, 3.05) is 19.6 Å². The lowest BCUT2D eigenvalue weighted by Crippen LogP contribution is -2.36. The molecule has 1 heterocycles. The van der Waals surface area contributed by atoms with Crippen LogP contribution in [-0.4, -0.2) is 35.6 Å². The summed E-state index contributed by atoms with van der Waals surface area (Å²) in [6.45, 7) is 5.70. The van der Waals surface area contributed by atoms with E-state index in [2.05, 4.69) is 6.58 Å². The average molecular weight is 206 g/mol. The molecule has 4 heteroatoms. The Morgan fingerprint density at radius 3 is 2.46 bits per heavy atom. The summed E-state index contributed by atoms with van der Waals surface area (Å²) in [4.78, 5) is 12.3. The van der Waals surface area contributed by atoms with Crippen LogP contribution in [0.5, 0.6) is 0 Å². The molecular formula is C9H16ClNO2. The van der Waals surface area contributed by atoms with Gasteiger partial charge >= 0.3 is 5.97 Å². The number of allylic oxidation sites excluding steroid dienone is 1. The number of halogens is 1. The summed E-state index contributed by atoms with van der Waals surface area (Å²) in [5, 5.41) is 8.53. The smallest absolute Gasteiger partial charge is 0.317 e. The van der Waals surface area contributed by atoms with Crippen LogP contribution >= 0.6 is 12.4 Å². The minimum atomic E-state index is -0.730. The number of carbonyl (C=O) groups is 1. The lowest BCUT2D eigenvalue weighted by Gasteiger charge is -2.28. The molecule has 13 heavy (non-hydrogen) atoms. The molecule has 1 aliphatic rings. The molecule has 0 bridgehead atoms. The van der Waals surface area contributed by atoms with Gasteiger partial charge in [-0.1, -0.05) is 6.08 Å². The summed E-state index contributed by atoms with van der Waals surface area (Å²) in [6.07, 6.45) is 4.08. The molecule has 3 nitrogen and oxygen atoms in total. The van der Waals surface area contributed by atoms with Crippen LogP contribution in [0.1, 0.15) is 12.8 Å². The standard InChI is InChI=1S/C9H15NO2.ClH/c1-2-8-3-5-10(6-4-8)7-9(11)12;/h2,8H,1,3-7H2,(H,11,12);1H. The number of rotatable bonds is 3. The van der Waals surface area contributed by atoms with Crippen LogP contribution in [0.25, 0.3) is 0 Å². The maximum atomic E-state index is 10.4. The van der Waals surface area contributed by atoms with Crippen LogP contribution < -0.4 is 0 Å². The number of likely N-dealkylation sites (tertiary alicyclic amines) is 1. The first-order valence-corrected chi connectivity index (χ1v) is 4.29. The number of nitrogens with zero attached hydrogens (tertiary/aromatic N) is 1. The first kappa shape index (κ1) is 12.5. The second-order valence-corrected chi connectivity index (χ2v) is 3.24. The summed E-state index contributed by atoms with van der Waals surface area (Å²) in [5.41, 5.74) is 0. The fourth-order valence-corrected chi connectivity index (χ4v) is 1.54. The van der Waals surface area contributed by atoms with Gasteiger partial charge in [-0.05, 0) is 31.8 Å². The molecule has 0 spiro atoms. The van der Waals surface area contributed by atoms with Gasteiger partial charge in [0.25, 0.3) is 0 Å². The fourth-order valence-electron chi connectivity index (χ4n) is 1.54. The predicted molar refractivity (Wildman–Crippen MR) is 54.2 cm³/mol. The molecule has 0 unspecified atom stereocenters. The Labute approximate surface area is 84.8 Å². The monoisotopic (exact) mass is 205 g/mol. The molecule has 0 aromatic heterocycles. The molecule has 1 aliphatic heterocycles. The highest BCUT2D eigenvalue weighted by Gasteiger charge is 2.17. The maximum absolute atomic E-state index is 10.4. The highest BCUT2D eigenvalue weighted by atomic mass is 35.5. The van der Waals surface area contributed by atoms with Crippen molar-refractivity contribution in [3.63, 3.8) is 0 Å². The zero-order chi connectivity index (χ0) is 8.97. The highest BCUT2D eigenvalue weighted by Crippen LogP contribution is 2.16. The van der Waals surface area contributed by atoms with E-state index in [9.17, 15) is 4.79 Å². The largest absolute Gasteiger partial charge is 0.480 e. The van der Waals surface area contributed by atoms with Gasteiger partial charge in [0.1, 0.15) is 0 Å². The first-order chi connectivity index (χ1) is 5.72. The summed E-state index contributed by atoms with van der Waals surface area (Å²) >= 11 is 0. The molecule has 0 aromatic rings. The van der Waals surface area contributed by atoms with Gasteiger partial charge in [-0.2, -0.15) is 0 Å². The normalized spacial score (nSPS) is 19.1. The van der Waals surface area contributed by atoms with Gasteiger partial charge in [0.05, 0.1) is 6.54 Å². The van der Waals surface area contributed by atoms with E-state index in [1.54, 1.807) is 0 Å². The van der Waals surface area contributed by atoms with Gasteiger partial charge in [0, 0.05) is 0 Å². The van der Waals surface area contributed by atoms with E-state index in [0.29, 0.717) is 5.92 Å². The van der Waals surface area contributed by atoms with E-state index in [1.807, 2.05) is 11.0 Å². The minimum absolute atomic E-state index is 0. The van der Waals surface area contributed by atoms with Crippen molar-refractivity contribution >= 4 is 18.4 Å². The molecule has 0 aliphatic carbocycles. The van der Waals surface area contributed by atoms with Crippen molar-refractivity contribution in [2.45, 2.75) is 12.8 Å². The zero-order valence-corrected chi connectivity index (χ0v) is 8.42. The van der Waals surface area contributed by atoms with Crippen molar-refractivity contribution in [1.82, 2.24) is 4.90 Å². The van der Waals surface area contributed by atoms with Gasteiger partial charge in [0.15, 0.2) is 0 Å². The van der Waals surface area contributed by atoms with Crippen molar-refractivity contribution in [3.8, 4) is 0 Å². The van der Waals surface area contributed by atoms with Crippen LogP contribution in [0.15, 0.2) is 12.7 Å². The van der Waals surface area contributed by atoms with Gasteiger partial charge in [-0.25, -0.2) is 0 Å². The van der Waals surface area contributed by atoms with E-state index in [0.717, 1.165) is 25.9 Å². The Bertz CT molecular complexity index is 176. The van der Waals surface area contributed by atoms with Crippen molar-refractivity contribution in [1.29, 1.82) is 0 Å². The summed E-state index contributed by atoms with van der Waals surface area (Å²) < 4.78 is 0. The summed E-state index contributed by atoms with van der Waals surface area (Å²) in [6, 6.07) is 0. The third-order valence-corrected chi connectivity index (χ3v) is 2.32. The maximum Gasteiger partial charge on any atom is 0.317 e. The van der Waals surface area contributed by atoms with E-state index in [-0.39, 0.29) is 19.0 Å². The molecule has 1 saturated heterocycles. The molecule has 0 aromatic carbocycles. The van der Waals surface area contributed by atoms with Crippen molar-refractivity contribution in [2.24, 2.45) is 5.92 Å². The summed E-state index contributed by atoms with van der Waals surface area (Å²) in [7, 11) is 0. The number of carboxylic acid groups (broad SMARTS) is 1. The Hall–Kier alpha value is -0.540. The molecule has 1 rings (SSSR count). The molecule has 0 saturated carbocycles. The molecular weight excluding hydrogens is 190 g/mol. The van der Waals surface area contributed by atoms with Gasteiger partial charge in [-0.3, -0.25) is 9.69 Å². The molecule has 76 valence electrons. The predicted octanol–water partition coefficient (Wildman–Crippen LogP) is 1.39. The van der Waals surface area contributed by atoms with Crippen LogP contribution in [0.4, 0.5) is 0 Å². The Morgan fingerprint density at radius 1 is 1.54 bits per heavy atom. The second-order valence-electron chi connectivity index (χ2n) is 3.24. The fraction of sp³-hybridized carbons (Fsp3) is 0.667. The van der Waals surface area contributed by atoms with E-state index >= 15 is 0 Å². The van der Waals surface area contributed by atoms with E-state index in [1.165, 1.54) is 0 Å². The number of hydrogen-bond acceptors (Lipinski definition) is 2. The zero-order valence-electron chi connectivity index (χ0n) is 7.61. The van der Waals surface area contributed by atoms with Gasteiger partial charge < -0.3 is 5.11 Å². The third kappa shape index (κ3) is 4.29. The number of piperidine rings is 1. The first-order valence-electron chi connectivity index (χ1n) is 4.29. The Morgan fingerprint density at radius 2 is 2.08 bits per heavy atom. The van der Waals surface area contributed by atoms with Crippen molar-refractivity contribution < 1.29 is 9.90 Å². The van der Waals surface area contributed by atoms with E-state index < -0.39 is 5.97 Å². The summed E-state index contributed by atoms with van der Waals surface area (Å²) in [5.74, 6) is -0.137. The average Bonchev–Trinajstić information content (AvgIpc) is 2.05. The van der Waals surface area contributed by atoms with Gasteiger partial charge in [-0.15, -0.1) is 19.0 Å². The SMILES string of the molecule is C=CC1CCN(CC(=O)O)CC1.Cl. The third-order valence-electron chi connectivity index (χ3n) is 2.32. The van der Waals surface area contributed by atoms with E-state index in [4.69, 9.17) is 5.11 Å². The van der Waals surface area contributed by atoms with Crippen LogP contribution in [0, 0.1) is 5.92 Å². The Balaban J connectivity index is 0.00000144. The lowest BCUT2D eigenvalue weighted by atomic mass is 9.97. The van der Waals surface area contributed by atoms with Crippen LogP contribution in [0.3, 0.4) is 0 Å². The second kappa shape index (κ2) is 6.00. The molecule has 0 atom stereocenters. The molecule has 0 amide bonds.